The van der Waals surface area contributed by atoms with Crippen LogP contribution in [0.25, 0.3) is 0 Å². The first kappa shape index (κ1) is 16.1. The highest BCUT2D eigenvalue weighted by Gasteiger charge is 2.31. The van der Waals surface area contributed by atoms with Crippen LogP contribution in [0.15, 0.2) is 24.3 Å². The van der Waals surface area contributed by atoms with Gasteiger partial charge < -0.3 is 9.47 Å². The molecule has 0 heterocycles. The maximum atomic E-state index is 11.1. The Morgan fingerprint density at radius 2 is 1.53 bits per heavy atom. The highest BCUT2D eigenvalue weighted by molar-refractivity contribution is 6.66. The average Bonchev–Trinajstić information content (AvgIpc) is 2.25. The maximum Gasteiger partial charge on any atom is 0.305 e. The Morgan fingerprint density at radius 1 is 1.05 bits per heavy atom. The summed E-state index contributed by atoms with van der Waals surface area (Å²) in [6.07, 6.45) is -1.25. The van der Waals surface area contributed by atoms with Crippen molar-refractivity contribution in [3.05, 3.63) is 35.4 Å². The molecule has 1 aromatic carbocycles. The lowest BCUT2D eigenvalue weighted by Gasteiger charge is -2.22. The molecule has 104 valence electrons. The Labute approximate surface area is 125 Å². The molecule has 0 radical (unpaired) electrons. The summed E-state index contributed by atoms with van der Waals surface area (Å²) in [7, 11) is 0. The van der Waals surface area contributed by atoms with Crippen LogP contribution in [0.4, 0.5) is 0 Å². The summed E-state index contributed by atoms with van der Waals surface area (Å²) in [5, 5.41) is 0. The largest absolute Gasteiger partial charge is 0.421 e. The van der Waals surface area contributed by atoms with E-state index in [9.17, 15) is 9.59 Å². The van der Waals surface area contributed by atoms with Gasteiger partial charge in [-0.1, -0.05) is 59.1 Å². The van der Waals surface area contributed by atoms with Gasteiger partial charge in [0, 0.05) is 25.0 Å². The average molecular weight is 326 g/mol. The number of alkyl halides is 3. The standard InChI is InChI=1S/C12H11Cl3O4/c1-7(16)18-11(19-8(2)17)9-5-3-4-6-10(9)12(13,14)15/h3-6,11H,1-2H3. The van der Waals surface area contributed by atoms with Crippen LogP contribution in [0.2, 0.25) is 0 Å². The van der Waals surface area contributed by atoms with Gasteiger partial charge in [-0.15, -0.1) is 0 Å². The number of carbonyl (C=O) groups is 2. The van der Waals surface area contributed by atoms with Crippen LogP contribution in [0.1, 0.15) is 31.3 Å². The van der Waals surface area contributed by atoms with Gasteiger partial charge in [-0.25, -0.2) is 0 Å². The molecule has 0 aliphatic heterocycles. The smallest absolute Gasteiger partial charge is 0.305 e. The number of rotatable bonds is 3. The third-order valence-corrected chi connectivity index (χ3v) is 2.68. The van der Waals surface area contributed by atoms with Crippen LogP contribution in [0.5, 0.6) is 0 Å². The third kappa shape index (κ3) is 4.90. The fourth-order valence-corrected chi connectivity index (χ4v) is 1.93. The van der Waals surface area contributed by atoms with Gasteiger partial charge in [-0.3, -0.25) is 9.59 Å². The fraction of sp³-hybridized carbons (Fsp3) is 0.333. The van der Waals surface area contributed by atoms with Crippen molar-refractivity contribution in [3.8, 4) is 0 Å². The predicted octanol–water partition coefficient (Wildman–Crippen LogP) is 3.64. The molecular weight excluding hydrogens is 314 g/mol. The lowest BCUT2D eigenvalue weighted by Crippen LogP contribution is -2.18. The molecule has 4 nitrogen and oxygen atoms in total. The number of hydrogen-bond acceptors (Lipinski definition) is 4. The van der Waals surface area contributed by atoms with Crippen LogP contribution in [0.3, 0.4) is 0 Å². The number of carbonyl (C=O) groups excluding carboxylic acids is 2. The third-order valence-electron chi connectivity index (χ3n) is 2.07. The molecule has 0 atom stereocenters. The van der Waals surface area contributed by atoms with Crippen LogP contribution in [-0.4, -0.2) is 11.9 Å². The van der Waals surface area contributed by atoms with Crippen LogP contribution >= 0.6 is 34.8 Å². The van der Waals surface area contributed by atoms with E-state index in [1.165, 1.54) is 13.8 Å². The Bertz CT molecular complexity index is 466. The van der Waals surface area contributed by atoms with Crippen molar-refractivity contribution in [2.45, 2.75) is 23.9 Å². The van der Waals surface area contributed by atoms with Gasteiger partial charge in [0.25, 0.3) is 6.29 Å². The predicted molar refractivity (Wildman–Crippen MR) is 72.0 cm³/mol. The molecule has 7 heteroatoms. The zero-order valence-corrected chi connectivity index (χ0v) is 12.4. The normalized spacial score (nSPS) is 11.3. The van der Waals surface area contributed by atoms with Crippen LogP contribution in [0, 0.1) is 0 Å². The minimum absolute atomic E-state index is 0.271. The molecular formula is C12H11Cl3O4. The Balaban J connectivity index is 3.21. The van der Waals surface area contributed by atoms with E-state index < -0.39 is 22.0 Å². The number of hydrogen-bond donors (Lipinski definition) is 0. The van der Waals surface area contributed by atoms with Crippen LogP contribution < -0.4 is 0 Å². The van der Waals surface area contributed by atoms with Crippen molar-refractivity contribution >= 4 is 46.7 Å². The van der Waals surface area contributed by atoms with Gasteiger partial charge in [0.1, 0.15) is 0 Å². The van der Waals surface area contributed by atoms with E-state index in [0.29, 0.717) is 5.56 Å². The second-order valence-corrected chi connectivity index (χ2v) is 5.92. The first-order valence-electron chi connectivity index (χ1n) is 5.22. The van der Waals surface area contributed by atoms with E-state index in [2.05, 4.69) is 0 Å². The molecule has 0 amide bonds. The summed E-state index contributed by atoms with van der Waals surface area (Å²) >= 11 is 17.5. The van der Waals surface area contributed by atoms with Gasteiger partial charge in [0.15, 0.2) is 0 Å². The molecule has 0 unspecified atom stereocenters. The number of ether oxygens (including phenoxy) is 2. The van der Waals surface area contributed by atoms with E-state index in [1.54, 1.807) is 24.3 Å². The van der Waals surface area contributed by atoms with Gasteiger partial charge in [-0.2, -0.15) is 0 Å². The number of benzene rings is 1. The summed E-state index contributed by atoms with van der Waals surface area (Å²) in [5.74, 6) is -1.24. The lowest BCUT2D eigenvalue weighted by molar-refractivity contribution is -0.186. The van der Waals surface area contributed by atoms with Crippen molar-refractivity contribution in [2.75, 3.05) is 0 Å². The van der Waals surface area contributed by atoms with E-state index in [4.69, 9.17) is 44.3 Å². The van der Waals surface area contributed by atoms with E-state index in [1.807, 2.05) is 0 Å². The highest BCUT2D eigenvalue weighted by atomic mass is 35.6. The van der Waals surface area contributed by atoms with E-state index in [-0.39, 0.29) is 5.56 Å². The van der Waals surface area contributed by atoms with Crippen molar-refractivity contribution in [2.24, 2.45) is 0 Å². The molecule has 0 saturated heterocycles. The van der Waals surface area contributed by atoms with Crippen molar-refractivity contribution < 1.29 is 19.1 Å². The molecule has 0 aliphatic rings. The molecule has 1 aromatic rings. The second kappa shape index (κ2) is 6.46. The molecule has 19 heavy (non-hydrogen) atoms. The topological polar surface area (TPSA) is 52.6 Å². The summed E-state index contributed by atoms with van der Waals surface area (Å²) in [6, 6.07) is 6.39. The lowest BCUT2D eigenvalue weighted by atomic mass is 10.1. The minimum Gasteiger partial charge on any atom is -0.421 e. The molecule has 0 fully saturated rings. The zero-order valence-electron chi connectivity index (χ0n) is 10.2. The van der Waals surface area contributed by atoms with Gasteiger partial charge in [0.2, 0.25) is 3.79 Å². The number of halogens is 3. The Hall–Kier alpha value is -0.970. The minimum atomic E-state index is -1.73. The maximum absolute atomic E-state index is 11.1. The van der Waals surface area contributed by atoms with Gasteiger partial charge in [-0.05, 0) is 0 Å². The zero-order chi connectivity index (χ0) is 14.6. The number of esters is 2. The van der Waals surface area contributed by atoms with Gasteiger partial charge in [0.05, 0.1) is 0 Å². The van der Waals surface area contributed by atoms with E-state index >= 15 is 0 Å². The second-order valence-electron chi connectivity index (χ2n) is 3.64. The highest BCUT2D eigenvalue weighted by Crippen LogP contribution is 2.42. The Morgan fingerprint density at radius 3 is 1.95 bits per heavy atom. The summed E-state index contributed by atoms with van der Waals surface area (Å²) in [4.78, 5) is 22.1. The van der Waals surface area contributed by atoms with Gasteiger partial charge >= 0.3 is 11.9 Å². The summed E-state index contributed by atoms with van der Waals surface area (Å²) in [6.45, 7) is 2.38. The molecule has 0 bridgehead atoms. The molecule has 0 aliphatic carbocycles. The van der Waals surface area contributed by atoms with Crippen LogP contribution in [-0.2, 0) is 22.9 Å². The van der Waals surface area contributed by atoms with Crippen molar-refractivity contribution in [1.82, 2.24) is 0 Å². The Kier molecular flexibility index (Phi) is 5.47. The summed E-state index contributed by atoms with van der Waals surface area (Å²) in [5.41, 5.74) is 0.570. The monoisotopic (exact) mass is 324 g/mol. The van der Waals surface area contributed by atoms with Crippen molar-refractivity contribution in [1.29, 1.82) is 0 Å². The first-order valence-corrected chi connectivity index (χ1v) is 6.35. The molecule has 0 saturated carbocycles. The first-order chi connectivity index (χ1) is 8.71. The molecule has 0 N–H and O–H groups in total. The quantitative estimate of drug-likeness (QED) is 0.484. The molecule has 0 aromatic heterocycles. The molecule has 1 rings (SSSR count). The fourth-order valence-electron chi connectivity index (χ4n) is 1.41. The SMILES string of the molecule is CC(=O)OC(OC(C)=O)c1ccccc1C(Cl)(Cl)Cl. The van der Waals surface area contributed by atoms with Crippen molar-refractivity contribution in [3.63, 3.8) is 0 Å². The summed E-state index contributed by atoms with van der Waals surface area (Å²) < 4.78 is 8.12. The molecule has 0 spiro atoms. The van der Waals surface area contributed by atoms with E-state index in [0.717, 1.165) is 0 Å².